The van der Waals surface area contributed by atoms with Crippen LogP contribution < -0.4 is 5.43 Å². The first-order chi connectivity index (χ1) is 11.9. The minimum absolute atomic E-state index is 0.0123. The molecule has 1 amide bonds. The Bertz CT molecular complexity index is 803. The number of non-ortho nitro benzene ring substituents is 1. The number of nitro groups is 1. The minimum Gasteiger partial charge on any atom is -0.272 e. The van der Waals surface area contributed by atoms with Crippen LogP contribution in [0.4, 0.5) is 5.69 Å². The maximum absolute atomic E-state index is 12.2. The lowest BCUT2D eigenvalue weighted by molar-refractivity contribution is -0.384. The van der Waals surface area contributed by atoms with E-state index in [1.54, 1.807) is 26.0 Å². The van der Waals surface area contributed by atoms with Crippen LogP contribution in [0, 0.1) is 17.0 Å². The van der Waals surface area contributed by atoms with Gasteiger partial charge in [-0.15, -0.1) is 11.8 Å². The Balaban J connectivity index is 1.99. The van der Waals surface area contributed by atoms with Crippen molar-refractivity contribution in [2.75, 3.05) is 0 Å². The zero-order chi connectivity index (χ0) is 18.4. The number of benzene rings is 2. The number of nitro benzene ring substituents is 1. The highest BCUT2D eigenvalue weighted by molar-refractivity contribution is 8.00. The van der Waals surface area contributed by atoms with Crippen LogP contribution in [-0.4, -0.2) is 21.8 Å². The molecule has 1 atom stereocenters. The minimum atomic E-state index is -0.463. The Morgan fingerprint density at radius 1 is 1.24 bits per heavy atom. The van der Waals surface area contributed by atoms with Gasteiger partial charge in [0, 0.05) is 22.6 Å². The Morgan fingerprint density at radius 3 is 2.56 bits per heavy atom. The molecule has 0 saturated heterocycles. The number of rotatable bonds is 6. The molecule has 0 aromatic heterocycles. The number of aryl methyl sites for hydroxylation is 1. The molecule has 7 heteroatoms. The van der Waals surface area contributed by atoms with Crippen LogP contribution in [0.1, 0.15) is 25.0 Å². The fourth-order valence-electron chi connectivity index (χ4n) is 2.01. The van der Waals surface area contributed by atoms with Gasteiger partial charge in [0.05, 0.1) is 15.9 Å². The number of carbonyl (C=O) groups excluding carboxylic acids is 1. The van der Waals surface area contributed by atoms with E-state index in [1.165, 1.54) is 29.5 Å². The van der Waals surface area contributed by atoms with E-state index < -0.39 is 4.92 Å². The molecular weight excluding hydrogens is 338 g/mol. The number of nitrogens with zero attached hydrogens (tertiary/aromatic N) is 2. The molecule has 0 aliphatic carbocycles. The zero-order valence-electron chi connectivity index (χ0n) is 14.2. The standard InChI is InChI=1S/C18H19N3O3S/c1-12-7-9-17(10-8-12)25-14(3)18(22)20-19-13(2)15-5-4-6-16(11-15)21(23)24/h4-11,14H,1-3H3,(H,20,22)/b19-13-/t14-/m1/s1. The second kappa shape index (κ2) is 8.43. The topological polar surface area (TPSA) is 84.6 Å². The average Bonchev–Trinajstić information content (AvgIpc) is 2.61. The lowest BCUT2D eigenvalue weighted by atomic mass is 10.1. The third kappa shape index (κ3) is 5.42. The summed E-state index contributed by atoms with van der Waals surface area (Å²) < 4.78 is 0. The summed E-state index contributed by atoms with van der Waals surface area (Å²) in [5.74, 6) is -0.227. The number of carbonyl (C=O) groups is 1. The zero-order valence-corrected chi connectivity index (χ0v) is 15.0. The Labute approximate surface area is 150 Å². The summed E-state index contributed by atoms with van der Waals surface area (Å²) in [4.78, 5) is 23.5. The van der Waals surface area contributed by atoms with Crippen molar-refractivity contribution < 1.29 is 9.72 Å². The molecule has 2 rings (SSSR count). The van der Waals surface area contributed by atoms with Crippen LogP contribution in [0.2, 0.25) is 0 Å². The SMILES string of the molecule is C/C(=N/NC(=O)[C@@H](C)Sc1ccc(C)cc1)c1cccc([N+](=O)[O-])c1. The number of thioether (sulfide) groups is 1. The molecule has 0 fully saturated rings. The third-order valence-electron chi connectivity index (χ3n) is 3.51. The van der Waals surface area contributed by atoms with Gasteiger partial charge in [0.1, 0.15) is 0 Å². The van der Waals surface area contributed by atoms with Gasteiger partial charge in [0.25, 0.3) is 11.6 Å². The van der Waals surface area contributed by atoms with Gasteiger partial charge >= 0.3 is 0 Å². The lowest BCUT2D eigenvalue weighted by Gasteiger charge is -2.10. The van der Waals surface area contributed by atoms with Crippen LogP contribution in [0.15, 0.2) is 58.5 Å². The molecule has 0 aliphatic rings. The largest absolute Gasteiger partial charge is 0.272 e. The van der Waals surface area contributed by atoms with E-state index in [0.29, 0.717) is 11.3 Å². The monoisotopic (exact) mass is 357 g/mol. The first-order valence-corrected chi connectivity index (χ1v) is 8.57. The van der Waals surface area contributed by atoms with Crippen LogP contribution in [-0.2, 0) is 4.79 Å². The summed E-state index contributed by atoms with van der Waals surface area (Å²) in [6, 6.07) is 14.1. The number of hydrogen-bond donors (Lipinski definition) is 1. The molecule has 1 N–H and O–H groups in total. The second-order valence-corrected chi connectivity index (χ2v) is 6.97. The summed E-state index contributed by atoms with van der Waals surface area (Å²) >= 11 is 1.44. The van der Waals surface area contributed by atoms with E-state index in [9.17, 15) is 14.9 Å². The first-order valence-electron chi connectivity index (χ1n) is 7.69. The van der Waals surface area contributed by atoms with Crippen molar-refractivity contribution in [2.24, 2.45) is 5.10 Å². The van der Waals surface area contributed by atoms with E-state index in [1.807, 2.05) is 31.2 Å². The van der Waals surface area contributed by atoms with Crippen molar-refractivity contribution >= 4 is 29.1 Å². The molecule has 0 heterocycles. The van der Waals surface area contributed by atoms with Gasteiger partial charge < -0.3 is 0 Å². The summed E-state index contributed by atoms with van der Waals surface area (Å²) in [7, 11) is 0. The van der Waals surface area contributed by atoms with Crippen molar-refractivity contribution in [2.45, 2.75) is 30.9 Å². The van der Waals surface area contributed by atoms with Gasteiger partial charge in [-0.1, -0.05) is 29.8 Å². The molecule has 6 nitrogen and oxygen atoms in total. The highest BCUT2D eigenvalue weighted by Gasteiger charge is 2.14. The predicted octanol–water partition coefficient (Wildman–Crippen LogP) is 3.92. The van der Waals surface area contributed by atoms with Gasteiger partial charge in [-0.25, -0.2) is 5.43 Å². The van der Waals surface area contributed by atoms with E-state index in [2.05, 4.69) is 10.5 Å². The van der Waals surface area contributed by atoms with Crippen LogP contribution in [0.3, 0.4) is 0 Å². The molecule has 25 heavy (non-hydrogen) atoms. The van der Waals surface area contributed by atoms with Crippen molar-refractivity contribution in [3.05, 3.63) is 69.8 Å². The molecular formula is C18H19N3O3S. The van der Waals surface area contributed by atoms with Gasteiger partial charge in [0.2, 0.25) is 0 Å². The van der Waals surface area contributed by atoms with Crippen molar-refractivity contribution in [3.8, 4) is 0 Å². The molecule has 0 saturated carbocycles. The number of amides is 1. The second-order valence-electron chi connectivity index (χ2n) is 5.55. The number of hydrogen-bond acceptors (Lipinski definition) is 5. The molecule has 0 unspecified atom stereocenters. The van der Waals surface area contributed by atoms with Crippen LogP contribution >= 0.6 is 11.8 Å². The average molecular weight is 357 g/mol. The van der Waals surface area contributed by atoms with Gasteiger partial charge in [-0.3, -0.25) is 14.9 Å². The molecule has 0 aliphatic heterocycles. The summed E-state index contributed by atoms with van der Waals surface area (Å²) in [6.07, 6.45) is 0. The van der Waals surface area contributed by atoms with E-state index >= 15 is 0 Å². The Hall–Kier alpha value is -2.67. The molecule has 0 radical (unpaired) electrons. The van der Waals surface area contributed by atoms with Crippen molar-refractivity contribution in [1.82, 2.24) is 5.43 Å². The van der Waals surface area contributed by atoms with E-state index in [-0.39, 0.29) is 16.8 Å². The van der Waals surface area contributed by atoms with E-state index in [0.717, 1.165) is 4.90 Å². The van der Waals surface area contributed by atoms with E-state index in [4.69, 9.17) is 0 Å². The summed E-state index contributed by atoms with van der Waals surface area (Å²) in [5.41, 5.74) is 4.77. The molecule has 2 aromatic rings. The maximum Gasteiger partial charge on any atom is 0.270 e. The third-order valence-corrected chi connectivity index (χ3v) is 4.62. The van der Waals surface area contributed by atoms with Crippen LogP contribution in [0.25, 0.3) is 0 Å². The first kappa shape index (κ1) is 18.7. The molecule has 0 spiro atoms. The molecule has 0 bridgehead atoms. The highest BCUT2D eigenvalue weighted by Crippen LogP contribution is 2.23. The number of nitrogens with one attached hydrogen (secondary N) is 1. The Kier molecular flexibility index (Phi) is 6.30. The van der Waals surface area contributed by atoms with Crippen molar-refractivity contribution in [1.29, 1.82) is 0 Å². The predicted molar refractivity (Wildman–Crippen MR) is 99.9 cm³/mol. The van der Waals surface area contributed by atoms with Crippen LogP contribution in [0.5, 0.6) is 0 Å². The molecule has 130 valence electrons. The summed E-state index contributed by atoms with van der Waals surface area (Å²) in [6.45, 7) is 5.51. The van der Waals surface area contributed by atoms with Gasteiger partial charge in [-0.05, 0) is 32.9 Å². The lowest BCUT2D eigenvalue weighted by Crippen LogP contribution is -2.27. The van der Waals surface area contributed by atoms with Gasteiger partial charge in [0.15, 0.2) is 0 Å². The Morgan fingerprint density at radius 2 is 1.92 bits per heavy atom. The van der Waals surface area contributed by atoms with Crippen molar-refractivity contribution in [3.63, 3.8) is 0 Å². The highest BCUT2D eigenvalue weighted by atomic mass is 32.2. The normalized spacial score (nSPS) is 12.5. The quantitative estimate of drug-likeness (QED) is 0.367. The molecule has 2 aromatic carbocycles. The number of hydrazone groups is 1. The summed E-state index contributed by atoms with van der Waals surface area (Å²) in [5, 5.41) is 14.6. The fourth-order valence-corrected chi connectivity index (χ4v) is 2.87. The fraction of sp³-hybridized carbons (Fsp3) is 0.222. The smallest absolute Gasteiger partial charge is 0.270 e. The maximum atomic E-state index is 12.2. The van der Waals surface area contributed by atoms with Gasteiger partial charge in [-0.2, -0.15) is 5.10 Å².